The molecule has 33 heavy (non-hydrogen) atoms. The molecule has 2 aliphatic rings. The van der Waals surface area contributed by atoms with Crippen LogP contribution in [0.3, 0.4) is 0 Å². The summed E-state index contributed by atoms with van der Waals surface area (Å²) in [5.74, 6) is -0.596. The van der Waals surface area contributed by atoms with Crippen LogP contribution in [0.4, 0.5) is 4.79 Å². The van der Waals surface area contributed by atoms with Gasteiger partial charge < -0.3 is 9.16 Å². The Labute approximate surface area is 197 Å². The molecule has 1 aromatic carbocycles. The van der Waals surface area contributed by atoms with Crippen molar-refractivity contribution < 1.29 is 23.5 Å². The minimum Gasteiger partial charge on any atom is -0.445 e. The van der Waals surface area contributed by atoms with E-state index >= 15 is 0 Å². The minimum atomic E-state index is -2.01. The minimum absolute atomic E-state index is 0.0561. The van der Waals surface area contributed by atoms with Crippen LogP contribution < -0.4 is 0 Å². The molecule has 0 N–H and O–H groups in total. The van der Waals surface area contributed by atoms with Crippen LogP contribution in [-0.2, 0) is 9.16 Å². The van der Waals surface area contributed by atoms with Crippen LogP contribution in [-0.4, -0.2) is 67.9 Å². The number of carbonyl (C=O) groups excluding carboxylic acids is 3. The quantitative estimate of drug-likeness (QED) is 0.330. The van der Waals surface area contributed by atoms with Crippen molar-refractivity contribution in [3.63, 3.8) is 0 Å². The van der Waals surface area contributed by atoms with Crippen molar-refractivity contribution in [3.8, 4) is 0 Å². The highest BCUT2D eigenvalue weighted by Crippen LogP contribution is 2.39. The number of hydrogen-bond acceptors (Lipinski definition) is 5. The van der Waals surface area contributed by atoms with Crippen LogP contribution in [0.25, 0.3) is 0 Å². The molecule has 7 nitrogen and oxygen atoms in total. The van der Waals surface area contributed by atoms with Gasteiger partial charge in [0.2, 0.25) is 0 Å². The van der Waals surface area contributed by atoms with Crippen LogP contribution in [0.1, 0.15) is 47.9 Å². The van der Waals surface area contributed by atoms with Crippen LogP contribution in [0.2, 0.25) is 18.1 Å². The van der Waals surface area contributed by atoms with Crippen LogP contribution in [0.5, 0.6) is 0 Å². The van der Waals surface area contributed by atoms with Gasteiger partial charge in [-0.25, -0.2) is 4.79 Å². The van der Waals surface area contributed by atoms with E-state index in [1.54, 1.807) is 35.2 Å². The van der Waals surface area contributed by atoms with Gasteiger partial charge in [-0.3, -0.25) is 19.4 Å². The van der Waals surface area contributed by atoms with Crippen molar-refractivity contribution >= 4 is 26.2 Å². The Hall–Kier alpha value is -2.71. The molecule has 8 heteroatoms. The van der Waals surface area contributed by atoms with E-state index < -0.39 is 14.4 Å². The summed E-state index contributed by atoms with van der Waals surface area (Å²) < 4.78 is 11.8. The largest absolute Gasteiger partial charge is 0.445 e. The molecule has 0 aromatic heterocycles. The van der Waals surface area contributed by atoms with Gasteiger partial charge in [0, 0.05) is 13.1 Å². The van der Waals surface area contributed by atoms with Crippen LogP contribution in [0, 0.1) is 0 Å². The van der Waals surface area contributed by atoms with Gasteiger partial charge in [0.15, 0.2) is 8.32 Å². The van der Waals surface area contributed by atoms with Gasteiger partial charge in [-0.2, -0.15) is 0 Å². The number of nitrogens with zero attached hydrogens (tertiary/aromatic N) is 2. The highest BCUT2D eigenvalue weighted by molar-refractivity contribution is 6.74. The van der Waals surface area contributed by atoms with E-state index in [0.717, 1.165) is 0 Å². The van der Waals surface area contributed by atoms with Gasteiger partial charge in [-0.05, 0) is 36.7 Å². The second kappa shape index (κ2) is 9.65. The smallest absolute Gasteiger partial charge is 0.410 e. The van der Waals surface area contributed by atoms with Crippen molar-refractivity contribution in [1.29, 1.82) is 0 Å². The lowest BCUT2D eigenvalue weighted by molar-refractivity contribution is 0.0671. The Kier molecular flexibility index (Phi) is 7.28. The fourth-order valence-electron chi connectivity index (χ4n) is 3.84. The fraction of sp³-hybridized carbons (Fsp3) is 0.480. The molecule has 3 rings (SSSR count). The molecule has 2 atom stereocenters. The van der Waals surface area contributed by atoms with Crippen molar-refractivity contribution in [2.24, 2.45) is 0 Å². The van der Waals surface area contributed by atoms with Crippen molar-refractivity contribution in [2.75, 3.05) is 19.7 Å². The van der Waals surface area contributed by atoms with Crippen LogP contribution in [0.15, 0.2) is 49.1 Å². The lowest BCUT2D eigenvalue weighted by atomic mass is 10.1. The molecule has 0 bridgehead atoms. The Bertz CT molecular complexity index is 931. The number of fused-ring (bicyclic) bond motifs is 1. The van der Waals surface area contributed by atoms with Gasteiger partial charge in [0.25, 0.3) is 11.8 Å². The van der Waals surface area contributed by atoms with Crippen molar-refractivity contribution in [1.82, 2.24) is 9.80 Å². The zero-order chi connectivity index (χ0) is 24.4. The molecule has 0 saturated carbocycles. The molecule has 0 aliphatic carbocycles. The van der Waals surface area contributed by atoms with Gasteiger partial charge in [0.1, 0.15) is 6.61 Å². The van der Waals surface area contributed by atoms with Crippen molar-refractivity contribution in [2.45, 2.75) is 57.5 Å². The number of ether oxygens (including phenoxy) is 1. The first-order valence-corrected chi connectivity index (χ1v) is 14.2. The second-order valence-electron chi connectivity index (χ2n) is 10.0. The summed E-state index contributed by atoms with van der Waals surface area (Å²) in [5, 5.41) is 0.0561. The summed E-state index contributed by atoms with van der Waals surface area (Å²) in [6, 6.07) is 6.58. The molecule has 1 aromatic rings. The fourth-order valence-corrected chi connectivity index (χ4v) is 5.20. The third-order valence-corrected chi connectivity index (χ3v) is 11.2. The number of imide groups is 1. The Morgan fingerprint density at radius 2 is 1.79 bits per heavy atom. The van der Waals surface area contributed by atoms with Gasteiger partial charge in [0.05, 0.1) is 23.3 Å². The summed E-state index contributed by atoms with van der Waals surface area (Å²) in [6.07, 6.45) is 5.28. The van der Waals surface area contributed by atoms with Gasteiger partial charge in [-0.1, -0.05) is 57.7 Å². The van der Waals surface area contributed by atoms with E-state index in [1.165, 1.54) is 11.0 Å². The zero-order valence-corrected chi connectivity index (χ0v) is 21.2. The van der Waals surface area contributed by atoms with Gasteiger partial charge >= 0.3 is 6.09 Å². The maximum Gasteiger partial charge on any atom is 0.410 e. The van der Waals surface area contributed by atoms with E-state index in [1.807, 2.05) is 6.08 Å². The average Bonchev–Trinajstić information content (AvgIpc) is 3.25. The summed E-state index contributed by atoms with van der Waals surface area (Å²) >= 11 is 0. The molecular weight excluding hydrogens is 436 g/mol. The lowest BCUT2D eigenvalue weighted by Crippen LogP contribution is -2.44. The second-order valence-corrected chi connectivity index (χ2v) is 14.8. The van der Waals surface area contributed by atoms with E-state index in [0.29, 0.717) is 24.1 Å². The predicted molar refractivity (Wildman–Crippen MR) is 130 cm³/mol. The van der Waals surface area contributed by atoms with E-state index in [4.69, 9.17) is 9.16 Å². The highest BCUT2D eigenvalue weighted by Gasteiger charge is 2.43. The first-order valence-electron chi connectivity index (χ1n) is 11.3. The molecule has 178 valence electrons. The average molecular weight is 471 g/mol. The third-order valence-electron chi connectivity index (χ3n) is 6.66. The maximum absolute atomic E-state index is 12.7. The normalized spacial score (nSPS) is 21.1. The maximum atomic E-state index is 12.7. The Balaban J connectivity index is 1.71. The van der Waals surface area contributed by atoms with Crippen molar-refractivity contribution in [3.05, 3.63) is 60.2 Å². The lowest BCUT2D eigenvalue weighted by Gasteiger charge is -2.38. The standard InChI is InChI=1S/C25H34N2O5Si/c1-7-15-31-24(30)27-17-19(32-33(5,6)25(2,3)4)16-18(27)11-10-14-26-22(28)20-12-8-9-13-21(20)23(26)29/h7-13,18-19H,1,14-17H2,2-6H3/t18-,19-/m1/s1. The molecule has 0 spiro atoms. The summed E-state index contributed by atoms with van der Waals surface area (Å²) in [6.45, 7) is 15.2. The molecule has 1 saturated heterocycles. The molecule has 1 fully saturated rings. The first-order chi connectivity index (χ1) is 15.5. The third kappa shape index (κ3) is 5.28. The number of likely N-dealkylation sites (tertiary alicyclic amines) is 1. The number of amides is 3. The van der Waals surface area contributed by atoms with E-state index in [2.05, 4.69) is 40.4 Å². The molecular formula is C25H34N2O5Si. The molecule has 0 unspecified atom stereocenters. The molecule has 0 radical (unpaired) electrons. The first kappa shape index (κ1) is 24.9. The topological polar surface area (TPSA) is 76.2 Å². The highest BCUT2D eigenvalue weighted by atomic mass is 28.4. The number of rotatable bonds is 7. The molecule has 2 heterocycles. The summed E-state index contributed by atoms with van der Waals surface area (Å²) in [5.41, 5.74) is 0.850. The van der Waals surface area contributed by atoms with E-state index in [9.17, 15) is 14.4 Å². The SMILES string of the molecule is C=CCOC(=O)N1C[C@H](O[Si](C)(C)C(C)(C)C)C[C@H]1C=CCN1C(=O)c2ccccc2C1=O. The van der Waals surface area contributed by atoms with E-state index in [-0.39, 0.29) is 42.2 Å². The number of hydrogen-bond donors (Lipinski definition) is 0. The molecule has 2 aliphatic heterocycles. The Morgan fingerprint density at radius 3 is 2.33 bits per heavy atom. The summed E-state index contributed by atoms with van der Waals surface area (Å²) in [4.78, 5) is 40.7. The zero-order valence-electron chi connectivity index (χ0n) is 20.2. The van der Waals surface area contributed by atoms with Crippen LogP contribution >= 0.6 is 0 Å². The predicted octanol–water partition coefficient (Wildman–Crippen LogP) is 4.63. The monoisotopic (exact) mass is 470 g/mol. The molecule has 3 amide bonds. The van der Waals surface area contributed by atoms with Gasteiger partial charge in [-0.15, -0.1) is 0 Å². The number of benzene rings is 1. The number of carbonyl (C=O) groups is 3. The summed E-state index contributed by atoms with van der Waals surface area (Å²) in [7, 11) is -2.01. The Morgan fingerprint density at radius 1 is 1.18 bits per heavy atom.